The van der Waals surface area contributed by atoms with Crippen molar-refractivity contribution in [3.8, 4) is 28.7 Å². The fraction of sp³-hybridized carbons (Fsp3) is 0.464. The second kappa shape index (κ2) is 9.74. The highest BCUT2D eigenvalue weighted by molar-refractivity contribution is 5.79. The van der Waals surface area contributed by atoms with Gasteiger partial charge in [-0.25, -0.2) is 4.68 Å². The van der Waals surface area contributed by atoms with Gasteiger partial charge in [0.15, 0.2) is 23.0 Å². The zero-order chi connectivity index (χ0) is 26.4. The topological polar surface area (TPSA) is 103 Å². The molecule has 1 aromatic heterocycles. The van der Waals surface area contributed by atoms with Gasteiger partial charge in [-0.1, -0.05) is 18.6 Å². The zero-order valence-corrected chi connectivity index (χ0v) is 21.9. The molecule has 200 valence electrons. The smallest absolute Gasteiger partial charge is 0.310 e. The molecule has 1 aliphatic carbocycles. The molecule has 3 aliphatic rings. The van der Waals surface area contributed by atoms with Gasteiger partial charge in [-0.05, 0) is 53.8 Å². The van der Waals surface area contributed by atoms with Gasteiger partial charge >= 0.3 is 5.97 Å². The van der Waals surface area contributed by atoms with Crippen LogP contribution in [-0.4, -0.2) is 55.7 Å². The Labute approximate surface area is 220 Å². The summed E-state index contributed by atoms with van der Waals surface area (Å²) in [6.07, 6.45) is 4.96. The first-order chi connectivity index (χ1) is 18.6. The SMILES string of the molecule is CCCCc1cn([C@@H]2c3cc4c(cc3[C@@H](c3cc(OC)c(OC)c(OC)c3)[C@H]3C(=O)OC[C@@H]32)OCO4)nn1. The molecular formula is C28H31N3O7. The quantitative estimate of drug-likeness (QED) is 0.408. The van der Waals surface area contributed by atoms with Gasteiger partial charge in [0.25, 0.3) is 0 Å². The van der Waals surface area contributed by atoms with Gasteiger partial charge in [0, 0.05) is 18.0 Å². The van der Waals surface area contributed by atoms with Crippen LogP contribution < -0.4 is 23.7 Å². The standard InChI is InChI=1S/C28H31N3O7/c1-5-6-7-16-12-31(30-29-16)26-18-11-21-20(37-14-38-21)10-17(18)24(25-19(26)13-36-28(25)32)15-8-22(33-2)27(35-4)23(9-15)34-3/h8-12,19,24-26H,5-7,13-14H2,1-4H3/t19-,24+,25-,26+/m0/s1. The monoisotopic (exact) mass is 521 g/mol. The number of methoxy groups -OCH3 is 3. The third-order valence-corrected chi connectivity index (χ3v) is 7.82. The van der Waals surface area contributed by atoms with Gasteiger partial charge in [-0.2, -0.15) is 0 Å². The summed E-state index contributed by atoms with van der Waals surface area (Å²) in [5, 5.41) is 8.95. The minimum Gasteiger partial charge on any atom is -0.493 e. The fourth-order valence-corrected chi connectivity index (χ4v) is 6.08. The summed E-state index contributed by atoms with van der Waals surface area (Å²) in [5.41, 5.74) is 3.73. The fourth-order valence-electron chi connectivity index (χ4n) is 6.08. The summed E-state index contributed by atoms with van der Waals surface area (Å²) in [5.74, 6) is 1.64. The van der Waals surface area contributed by atoms with Gasteiger partial charge in [0.2, 0.25) is 12.5 Å². The highest BCUT2D eigenvalue weighted by atomic mass is 16.7. The Kier molecular flexibility index (Phi) is 6.25. The molecule has 0 spiro atoms. The first-order valence-electron chi connectivity index (χ1n) is 12.9. The molecule has 6 rings (SSSR count). The summed E-state index contributed by atoms with van der Waals surface area (Å²) in [7, 11) is 4.73. The molecule has 10 heteroatoms. The highest BCUT2D eigenvalue weighted by Gasteiger charge is 2.53. The molecule has 3 aromatic rings. The molecule has 4 atom stereocenters. The lowest BCUT2D eigenvalue weighted by Gasteiger charge is -2.39. The van der Waals surface area contributed by atoms with Crippen molar-refractivity contribution >= 4 is 5.97 Å². The summed E-state index contributed by atoms with van der Waals surface area (Å²) < 4.78 is 36.0. The molecule has 1 saturated heterocycles. The van der Waals surface area contributed by atoms with E-state index in [2.05, 4.69) is 17.2 Å². The number of rotatable bonds is 8. The number of esters is 1. The maximum absolute atomic E-state index is 13.4. The molecule has 0 unspecified atom stereocenters. The van der Waals surface area contributed by atoms with Crippen LogP contribution in [0.5, 0.6) is 28.7 Å². The number of ether oxygens (including phenoxy) is 6. The van der Waals surface area contributed by atoms with Crippen molar-refractivity contribution in [2.24, 2.45) is 11.8 Å². The van der Waals surface area contributed by atoms with Gasteiger partial charge in [-0.3, -0.25) is 4.79 Å². The summed E-state index contributed by atoms with van der Waals surface area (Å²) in [4.78, 5) is 13.4. The Morgan fingerprint density at radius 3 is 2.34 bits per heavy atom. The Bertz CT molecular complexity index is 1350. The average Bonchev–Trinajstić information content (AvgIpc) is 3.69. The van der Waals surface area contributed by atoms with Crippen LogP contribution in [0, 0.1) is 11.8 Å². The molecule has 0 radical (unpaired) electrons. The lowest BCUT2D eigenvalue weighted by molar-refractivity contribution is -0.141. The van der Waals surface area contributed by atoms with Crippen LogP contribution in [0.4, 0.5) is 0 Å². The number of unbranched alkanes of at least 4 members (excludes halogenated alkanes) is 1. The van der Waals surface area contributed by atoms with Crippen molar-refractivity contribution in [1.29, 1.82) is 0 Å². The molecule has 1 fully saturated rings. The number of aromatic nitrogens is 3. The molecule has 2 aromatic carbocycles. The number of carbonyl (C=O) groups is 1. The van der Waals surface area contributed by atoms with Crippen molar-refractivity contribution < 1.29 is 33.2 Å². The van der Waals surface area contributed by atoms with E-state index in [1.165, 1.54) is 0 Å². The van der Waals surface area contributed by atoms with E-state index < -0.39 is 5.92 Å². The molecule has 10 nitrogen and oxygen atoms in total. The second-order valence-electron chi connectivity index (χ2n) is 9.83. The van der Waals surface area contributed by atoms with Gasteiger partial charge in [-0.15, -0.1) is 5.10 Å². The molecule has 0 N–H and O–H groups in total. The van der Waals surface area contributed by atoms with Crippen LogP contribution in [0.2, 0.25) is 0 Å². The van der Waals surface area contributed by atoms with E-state index in [1.807, 2.05) is 35.1 Å². The lowest BCUT2D eigenvalue weighted by atomic mass is 9.65. The van der Waals surface area contributed by atoms with E-state index in [1.54, 1.807) is 21.3 Å². The molecule has 2 aliphatic heterocycles. The Balaban J connectivity index is 1.55. The number of aryl methyl sites for hydroxylation is 1. The van der Waals surface area contributed by atoms with Crippen LogP contribution in [-0.2, 0) is 16.0 Å². The molecular weight excluding hydrogens is 490 g/mol. The molecule has 0 bridgehead atoms. The first-order valence-corrected chi connectivity index (χ1v) is 12.9. The minimum absolute atomic E-state index is 0.150. The van der Waals surface area contributed by atoms with Gasteiger partial charge in [0.05, 0.1) is 45.6 Å². The van der Waals surface area contributed by atoms with Crippen molar-refractivity contribution in [3.63, 3.8) is 0 Å². The lowest BCUT2D eigenvalue weighted by Crippen LogP contribution is -2.37. The third kappa shape index (κ3) is 3.81. The zero-order valence-electron chi connectivity index (χ0n) is 21.9. The van der Waals surface area contributed by atoms with Crippen LogP contribution in [0.25, 0.3) is 0 Å². The molecule has 0 amide bonds. The Morgan fingerprint density at radius 2 is 1.68 bits per heavy atom. The van der Waals surface area contributed by atoms with Crippen molar-refractivity contribution in [3.05, 3.63) is 52.8 Å². The summed E-state index contributed by atoms with van der Waals surface area (Å²) >= 11 is 0. The highest BCUT2D eigenvalue weighted by Crippen LogP contribution is 2.56. The average molecular weight is 522 g/mol. The van der Waals surface area contributed by atoms with E-state index in [0.29, 0.717) is 28.7 Å². The van der Waals surface area contributed by atoms with Crippen LogP contribution >= 0.6 is 0 Å². The van der Waals surface area contributed by atoms with Gasteiger partial charge in [0.1, 0.15) is 0 Å². The number of carbonyl (C=O) groups excluding carboxylic acids is 1. The van der Waals surface area contributed by atoms with E-state index >= 15 is 0 Å². The summed E-state index contributed by atoms with van der Waals surface area (Å²) in [6, 6.07) is 7.55. The van der Waals surface area contributed by atoms with E-state index in [-0.39, 0.29) is 37.2 Å². The van der Waals surface area contributed by atoms with E-state index in [9.17, 15) is 4.79 Å². The number of nitrogens with zero attached hydrogens (tertiary/aromatic N) is 3. The Morgan fingerprint density at radius 1 is 0.974 bits per heavy atom. The number of fused-ring (bicyclic) bond motifs is 3. The largest absolute Gasteiger partial charge is 0.493 e. The normalized spacial score (nSPS) is 23.0. The van der Waals surface area contributed by atoms with Crippen molar-refractivity contribution in [2.75, 3.05) is 34.7 Å². The second-order valence-corrected chi connectivity index (χ2v) is 9.83. The maximum Gasteiger partial charge on any atom is 0.310 e. The van der Waals surface area contributed by atoms with Crippen molar-refractivity contribution in [1.82, 2.24) is 15.0 Å². The number of hydrogen-bond donors (Lipinski definition) is 0. The number of benzene rings is 2. The maximum atomic E-state index is 13.4. The van der Waals surface area contributed by atoms with E-state index in [0.717, 1.165) is 41.6 Å². The third-order valence-electron chi connectivity index (χ3n) is 7.82. The van der Waals surface area contributed by atoms with Gasteiger partial charge < -0.3 is 28.4 Å². The first kappa shape index (κ1) is 24.4. The number of cyclic esters (lactones) is 1. The molecule has 0 saturated carbocycles. The Hall–Kier alpha value is -3.95. The van der Waals surface area contributed by atoms with Crippen LogP contribution in [0.3, 0.4) is 0 Å². The predicted octanol–water partition coefficient (Wildman–Crippen LogP) is 3.90. The summed E-state index contributed by atoms with van der Waals surface area (Å²) in [6.45, 7) is 2.59. The minimum atomic E-state index is -0.459. The van der Waals surface area contributed by atoms with Crippen molar-refractivity contribution in [2.45, 2.75) is 38.1 Å². The molecule has 38 heavy (non-hydrogen) atoms. The predicted molar refractivity (Wildman–Crippen MR) is 135 cm³/mol. The van der Waals surface area contributed by atoms with Crippen LogP contribution in [0.15, 0.2) is 30.5 Å². The number of hydrogen-bond acceptors (Lipinski definition) is 9. The molecule has 3 heterocycles. The van der Waals surface area contributed by atoms with Crippen LogP contribution in [0.1, 0.15) is 54.1 Å². The van der Waals surface area contributed by atoms with E-state index in [4.69, 9.17) is 28.4 Å².